The number of para-hydroxylation sites is 1. The first-order valence-corrected chi connectivity index (χ1v) is 26.3. The van der Waals surface area contributed by atoms with Gasteiger partial charge in [-0.15, -0.1) is 11.8 Å². The fourth-order valence-corrected chi connectivity index (χ4v) is 10.5. The van der Waals surface area contributed by atoms with Crippen molar-refractivity contribution in [2.45, 2.75) is 110 Å². The lowest BCUT2D eigenvalue weighted by Crippen LogP contribution is -2.57. The number of nitrogens with one attached hydrogen (secondary N) is 4. The highest BCUT2D eigenvalue weighted by Crippen LogP contribution is 2.43. The van der Waals surface area contributed by atoms with Gasteiger partial charge in [0.2, 0.25) is 17.7 Å². The molecule has 5 aromatic rings. The Balaban J connectivity index is 0.878. The largest absolute Gasteiger partial charge is 0.391 e. The van der Waals surface area contributed by atoms with Crippen LogP contribution in [0, 0.1) is 17.0 Å². The Morgan fingerprint density at radius 2 is 1.73 bits per heavy atom. The van der Waals surface area contributed by atoms with E-state index in [9.17, 15) is 24.3 Å². The molecule has 7 rings (SSSR count). The molecule has 15 nitrogen and oxygen atoms in total. The Morgan fingerprint density at radius 1 is 1.03 bits per heavy atom. The lowest BCUT2D eigenvalue weighted by molar-refractivity contribution is -0.142. The number of ether oxygens (including phenoxy) is 1. The summed E-state index contributed by atoms with van der Waals surface area (Å²) < 4.78 is 54.6. The van der Waals surface area contributed by atoms with Gasteiger partial charge in [-0.25, -0.2) is 13.2 Å². The third kappa shape index (κ3) is 13.7. The Hall–Kier alpha value is -6.54. The number of hydrogen-bond donors (Lipinski definition) is 5. The van der Waals surface area contributed by atoms with Crippen LogP contribution in [0.4, 0.5) is 13.2 Å². The number of aromatic nitrogens is 3. The Kier molecular flexibility index (Phi) is 18.0. The van der Waals surface area contributed by atoms with Crippen molar-refractivity contribution < 1.29 is 42.2 Å². The minimum absolute atomic E-state index is 0.0466. The standard InChI is InChI=1S/C56H68F3N9O6S/c1-33-24-41-40-12-10-11-13-44(40)64-48(41)49(68(33)32-56(6,7)59)47-42(57)25-36(26-43(47)58)16-19-46(70)61-20-22-74-23-21-66-30-38(29-63-66)52(71)65-51(55(3,4)5)54(73)67-31-39(69)27-45(67)53(72)62-28-35-14-17-37(18-15-35)50(75-9)34(2)60-8/h10-19,25-26,29-30,33,39,45,49,51,64,69H,8,20-24,27-28,31-32H2,1-7,9H3,(H,61,70)(H,62,72)(H,65,71)/b19-16+,50-34-/t33-,39-,45+,49-,51-/m1/s1. The molecule has 2 aromatic heterocycles. The molecule has 0 radical (unpaired) electrons. The van der Waals surface area contributed by atoms with Crippen molar-refractivity contribution in [3.8, 4) is 0 Å². The normalized spacial score (nSPS) is 19.0. The average molecular weight is 1050 g/mol. The predicted octanol–water partition coefficient (Wildman–Crippen LogP) is 7.75. The van der Waals surface area contributed by atoms with Gasteiger partial charge in [-0.3, -0.25) is 33.8 Å². The number of aromatic amines is 1. The highest BCUT2D eigenvalue weighted by Gasteiger charge is 2.45. The molecule has 0 saturated carbocycles. The molecule has 0 aliphatic carbocycles. The molecule has 1 saturated heterocycles. The molecule has 75 heavy (non-hydrogen) atoms. The lowest BCUT2D eigenvalue weighted by atomic mass is 9.85. The SMILES string of the molecule is C=N/C(C)=C(\SC)c1ccc(CNC(=O)[C@@H]2C[C@@H](O)CN2C(=O)[C@@H](NC(=O)c2cnn(CCOCCNC(=O)/C=C/c3cc(F)c([C@@H]4c5[nH]c6ccccc6c5C[C@@H](C)N4CC(C)(C)F)c(F)c3)c2)C(C)(C)C)cc1. The molecule has 1 fully saturated rings. The van der Waals surface area contributed by atoms with Gasteiger partial charge >= 0.3 is 0 Å². The zero-order valence-electron chi connectivity index (χ0n) is 43.8. The molecule has 0 unspecified atom stereocenters. The van der Waals surface area contributed by atoms with Gasteiger partial charge in [0, 0.05) is 78.0 Å². The van der Waals surface area contributed by atoms with Gasteiger partial charge in [0.1, 0.15) is 29.4 Å². The number of aliphatic hydroxyl groups is 1. The van der Waals surface area contributed by atoms with Crippen molar-refractivity contribution in [1.82, 2.24) is 40.5 Å². The molecule has 4 amide bonds. The maximum Gasteiger partial charge on any atom is 0.255 e. The summed E-state index contributed by atoms with van der Waals surface area (Å²) in [5, 5.41) is 24.3. The highest BCUT2D eigenvalue weighted by atomic mass is 32.2. The Morgan fingerprint density at radius 3 is 2.40 bits per heavy atom. The van der Waals surface area contributed by atoms with Crippen LogP contribution >= 0.6 is 11.8 Å². The van der Waals surface area contributed by atoms with E-state index in [4.69, 9.17) is 4.74 Å². The average Bonchev–Trinajstić information content (AvgIpc) is 4.10. The number of aliphatic hydroxyl groups excluding tert-OH is 1. The monoisotopic (exact) mass is 1050 g/mol. The van der Waals surface area contributed by atoms with Gasteiger partial charge in [-0.05, 0) is 99.0 Å². The number of halogens is 3. The van der Waals surface area contributed by atoms with Gasteiger partial charge < -0.3 is 35.7 Å². The fraction of sp³-hybridized carbons (Fsp3) is 0.429. The molecule has 5 atom stereocenters. The predicted molar refractivity (Wildman–Crippen MR) is 287 cm³/mol. The van der Waals surface area contributed by atoms with Crippen molar-refractivity contribution in [2.75, 3.05) is 39.1 Å². The van der Waals surface area contributed by atoms with Gasteiger partial charge in [0.25, 0.3) is 5.91 Å². The lowest BCUT2D eigenvalue weighted by Gasteiger charge is -2.43. The minimum atomic E-state index is -1.63. The third-order valence-electron chi connectivity index (χ3n) is 13.5. The number of allylic oxidation sites excluding steroid dienone is 1. The van der Waals surface area contributed by atoms with Crippen molar-refractivity contribution in [3.63, 3.8) is 0 Å². The van der Waals surface area contributed by atoms with Gasteiger partial charge in [0.05, 0.1) is 49.4 Å². The van der Waals surface area contributed by atoms with Crippen molar-refractivity contribution in [2.24, 2.45) is 10.4 Å². The molecular formula is C56H68F3N9O6S. The van der Waals surface area contributed by atoms with E-state index < -0.39 is 70.6 Å². The number of carbonyl (C=O) groups excluding carboxylic acids is 4. The Bertz CT molecular complexity index is 2940. The number of H-pyrrole nitrogens is 1. The first-order valence-electron chi connectivity index (χ1n) is 25.0. The summed E-state index contributed by atoms with van der Waals surface area (Å²) in [5.41, 5.74) is 2.76. The zero-order valence-corrected chi connectivity index (χ0v) is 44.6. The summed E-state index contributed by atoms with van der Waals surface area (Å²) in [7, 11) is 0. The smallest absolute Gasteiger partial charge is 0.255 e. The number of amides is 4. The summed E-state index contributed by atoms with van der Waals surface area (Å²) in [6.45, 7) is 16.5. The third-order valence-corrected chi connectivity index (χ3v) is 14.4. The first-order chi connectivity index (χ1) is 35.6. The highest BCUT2D eigenvalue weighted by molar-refractivity contribution is 8.07. The summed E-state index contributed by atoms with van der Waals surface area (Å²) in [4.78, 5) is 65.5. The van der Waals surface area contributed by atoms with Crippen LogP contribution in [0.25, 0.3) is 21.9 Å². The van der Waals surface area contributed by atoms with E-state index >= 15 is 13.2 Å². The molecule has 4 heterocycles. The molecular weight excluding hydrogens is 984 g/mol. The van der Waals surface area contributed by atoms with Crippen LogP contribution in [-0.4, -0.2) is 129 Å². The Labute approximate surface area is 440 Å². The maximum atomic E-state index is 16.1. The number of likely N-dealkylation sites (tertiary alicyclic amines) is 1. The van der Waals surface area contributed by atoms with Crippen molar-refractivity contribution >= 4 is 64.0 Å². The molecule has 3 aromatic carbocycles. The van der Waals surface area contributed by atoms with Gasteiger partial charge in [0.15, 0.2) is 0 Å². The van der Waals surface area contributed by atoms with Gasteiger partial charge in [-0.2, -0.15) is 5.10 Å². The zero-order chi connectivity index (χ0) is 54.4. The fourth-order valence-electron chi connectivity index (χ4n) is 9.76. The molecule has 0 spiro atoms. The number of β-amino-alcohol motifs (C(OH)–C–C–N with tert-alkyl or cyclic N) is 1. The van der Waals surface area contributed by atoms with Crippen LogP contribution in [0.1, 0.15) is 105 Å². The molecule has 19 heteroatoms. The molecule has 2 aliphatic rings. The topological polar surface area (TPSA) is 186 Å². The van der Waals surface area contributed by atoms with Crippen molar-refractivity contribution in [3.05, 3.63) is 136 Å². The first kappa shape index (κ1) is 56.2. The number of fused-ring (bicyclic) bond motifs is 3. The van der Waals surface area contributed by atoms with Crippen LogP contribution in [0.2, 0.25) is 0 Å². The molecule has 2 aliphatic heterocycles. The van der Waals surface area contributed by atoms with E-state index in [0.29, 0.717) is 12.1 Å². The van der Waals surface area contributed by atoms with Crippen molar-refractivity contribution in [1.29, 1.82) is 0 Å². The van der Waals surface area contributed by atoms with Crippen LogP contribution in [0.15, 0.2) is 89.8 Å². The minimum Gasteiger partial charge on any atom is -0.391 e. The van der Waals surface area contributed by atoms with E-state index in [0.717, 1.165) is 38.2 Å². The quantitative estimate of drug-likeness (QED) is 0.0295. The van der Waals surface area contributed by atoms with Crippen LogP contribution in [0.5, 0.6) is 0 Å². The molecule has 400 valence electrons. The van der Waals surface area contributed by atoms with Gasteiger partial charge in [-0.1, -0.05) is 63.2 Å². The van der Waals surface area contributed by atoms with E-state index in [1.165, 1.54) is 60.1 Å². The number of nitrogens with zero attached hydrogens (tertiary/aromatic N) is 5. The summed E-state index contributed by atoms with van der Waals surface area (Å²) in [5.74, 6) is -3.61. The van der Waals surface area contributed by atoms with Crippen LogP contribution in [-0.2, 0) is 38.6 Å². The second kappa shape index (κ2) is 24.0. The number of alkyl halides is 1. The second-order valence-corrected chi connectivity index (χ2v) is 21.7. The number of benzene rings is 3. The number of aliphatic imine (C=N–C) groups is 1. The molecule has 0 bridgehead atoms. The number of carbonyl (C=O) groups is 4. The van der Waals surface area contributed by atoms with Crippen LogP contribution in [0.3, 0.4) is 0 Å². The molecule has 5 N–H and O–H groups in total. The second-order valence-electron chi connectivity index (χ2n) is 20.9. The number of hydrogen-bond acceptors (Lipinski definition) is 10. The number of thioether (sulfide) groups is 1. The van der Waals surface area contributed by atoms with E-state index in [-0.39, 0.29) is 75.1 Å². The van der Waals surface area contributed by atoms with Crippen LogP contribution < -0.4 is 16.0 Å². The summed E-state index contributed by atoms with van der Waals surface area (Å²) in [6, 6.07) is 14.6. The summed E-state index contributed by atoms with van der Waals surface area (Å²) in [6.07, 6.45) is 7.04. The van der Waals surface area contributed by atoms with E-state index in [2.05, 4.69) is 37.7 Å². The van der Waals surface area contributed by atoms with E-state index in [1.807, 2.05) is 68.6 Å². The summed E-state index contributed by atoms with van der Waals surface area (Å²) >= 11 is 1.57. The van der Waals surface area contributed by atoms with E-state index in [1.54, 1.807) is 37.4 Å². The maximum absolute atomic E-state index is 16.1. The number of rotatable bonds is 20.